The maximum absolute atomic E-state index is 11.4. The molecular weight excluding hydrogens is 200 g/mol. The number of allylic oxidation sites excluding steroid dienone is 1. The highest BCUT2D eigenvalue weighted by Crippen LogP contribution is 2.16. The second-order valence-electron chi connectivity index (χ2n) is 4.35. The van der Waals surface area contributed by atoms with Gasteiger partial charge in [0, 0.05) is 12.6 Å². The SMILES string of the molecule is CC=CC(=O)NCC(C(CC)CC)N(C)C. The molecular formula is C13H26N2O. The first-order chi connectivity index (χ1) is 7.56. The fraction of sp³-hybridized carbons (Fsp3) is 0.769. The Morgan fingerprint density at radius 2 is 1.88 bits per heavy atom. The van der Waals surface area contributed by atoms with Crippen molar-refractivity contribution in [2.45, 2.75) is 39.7 Å². The van der Waals surface area contributed by atoms with Gasteiger partial charge in [0.05, 0.1) is 0 Å². The zero-order valence-electron chi connectivity index (χ0n) is 11.3. The van der Waals surface area contributed by atoms with Crippen molar-refractivity contribution in [3.63, 3.8) is 0 Å². The Hall–Kier alpha value is -0.830. The van der Waals surface area contributed by atoms with Gasteiger partial charge < -0.3 is 10.2 Å². The third kappa shape index (κ3) is 5.31. The zero-order valence-corrected chi connectivity index (χ0v) is 11.3. The average Bonchev–Trinajstić information content (AvgIpc) is 2.24. The molecule has 0 fully saturated rings. The number of hydrogen-bond acceptors (Lipinski definition) is 2. The fourth-order valence-corrected chi connectivity index (χ4v) is 2.02. The van der Waals surface area contributed by atoms with Crippen LogP contribution in [0.4, 0.5) is 0 Å². The van der Waals surface area contributed by atoms with Crippen LogP contribution in [0.3, 0.4) is 0 Å². The maximum Gasteiger partial charge on any atom is 0.243 e. The molecule has 1 atom stereocenters. The highest BCUT2D eigenvalue weighted by Gasteiger charge is 2.20. The summed E-state index contributed by atoms with van der Waals surface area (Å²) in [6, 6.07) is 0.421. The van der Waals surface area contributed by atoms with Gasteiger partial charge in [0.25, 0.3) is 0 Å². The zero-order chi connectivity index (χ0) is 12.6. The Labute approximate surface area is 99.9 Å². The van der Waals surface area contributed by atoms with Gasteiger partial charge in [-0.1, -0.05) is 32.8 Å². The van der Waals surface area contributed by atoms with Crippen LogP contribution in [0.15, 0.2) is 12.2 Å². The Balaban J connectivity index is 4.28. The lowest BCUT2D eigenvalue weighted by atomic mass is 9.93. The molecule has 0 heterocycles. The van der Waals surface area contributed by atoms with E-state index in [1.165, 1.54) is 0 Å². The monoisotopic (exact) mass is 226 g/mol. The van der Waals surface area contributed by atoms with Gasteiger partial charge in [-0.05, 0) is 33.0 Å². The number of nitrogens with zero attached hydrogens (tertiary/aromatic N) is 1. The van der Waals surface area contributed by atoms with Crippen LogP contribution in [0.5, 0.6) is 0 Å². The number of rotatable bonds is 7. The highest BCUT2D eigenvalue weighted by molar-refractivity contribution is 5.87. The molecule has 1 amide bonds. The predicted molar refractivity (Wildman–Crippen MR) is 69.4 cm³/mol. The van der Waals surface area contributed by atoms with Crippen LogP contribution in [-0.4, -0.2) is 37.5 Å². The Kier molecular flexibility index (Phi) is 7.90. The van der Waals surface area contributed by atoms with Gasteiger partial charge in [-0.2, -0.15) is 0 Å². The molecule has 0 aromatic carbocycles. The predicted octanol–water partition coefficient (Wildman–Crippen LogP) is 2.05. The summed E-state index contributed by atoms with van der Waals surface area (Å²) in [7, 11) is 4.15. The Morgan fingerprint density at radius 1 is 1.31 bits per heavy atom. The van der Waals surface area contributed by atoms with Crippen LogP contribution in [0.2, 0.25) is 0 Å². The lowest BCUT2D eigenvalue weighted by Gasteiger charge is -2.31. The van der Waals surface area contributed by atoms with Crippen molar-refractivity contribution in [1.29, 1.82) is 0 Å². The van der Waals surface area contributed by atoms with Crippen LogP contribution >= 0.6 is 0 Å². The number of carbonyl (C=O) groups is 1. The van der Waals surface area contributed by atoms with Crippen molar-refractivity contribution in [3.05, 3.63) is 12.2 Å². The van der Waals surface area contributed by atoms with Crippen LogP contribution in [0.25, 0.3) is 0 Å². The largest absolute Gasteiger partial charge is 0.351 e. The van der Waals surface area contributed by atoms with Crippen LogP contribution in [-0.2, 0) is 4.79 Å². The standard InChI is InChI=1S/C13H26N2O/c1-6-9-13(16)14-10-12(15(4)5)11(7-2)8-3/h6,9,11-12H,7-8,10H2,1-5H3,(H,14,16). The van der Waals surface area contributed by atoms with Crippen molar-refractivity contribution in [1.82, 2.24) is 10.2 Å². The van der Waals surface area contributed by atoms with Crippen LogP contribution < -0.4 is 5.32 Å². The molecule has 3 heteroatoms. The fourth-order valence-electron chi connectivity index (χ4n) is 2.02. The van der Waals surface area contributed by atoms with E-state index in [4.69, 9.17) is 0 Å². The lowest BCUT2D eigenvalue weighted by Crippen LogP contribution is -2.44. The lowest BCUT2D eigenvalue weighted by molar-refractivity contribution is -0.116. The molecule has 16 heavy (non-hydrogen) atoms. The van der Waals surface area contributed by atoms with Crippen molar-refractivity contribution < 1.29 is 4.79 Å². The van der Waals surface area contributed by atoms with Gasteiger partial charge in [-0.25, -0.2) is 0 Å². The normalized spacial score (nSPS) is 13.7. The number of nitrogens with one attached hydrogen (secondary N) is 1. The molecule has 0 rings (SSSR count). The minimum atomic E-state index is 0.000283. The van der Waals surface area contributed by atoms with Crippen LogP contribution in [0, 0.1) is 5.92 Å². The second-order valence-corrected chi connectivity index (χ2v) is 4.35. The summed E-state index contributed by atoms with van der Waals surface area (Å²) in [5.74, 6) is 0.640. The van der Waals surface area contributed by atoms with Crippen molar-refractivity contribution in [2.75, 3.05) is 20.6 Å². The molecule has 0 aromatic rings. The third-order valence-electron chi connectivity index (χ3n) is 3.06. The van der Waals surface area contributed by atoms with Gasteiger partial charge in [0.15, 0.2) is 0 Å². The minimum Gasteiger partial charge on any atom is -0.351 e. The summed E-state index contributed by atoms with van der Waals surface area (Å²) in [4.78, 5) is 13.6. The van der Waals surface area contributed by atoms with Gasteiger partial charge >= 0.3 is 0 Å². The Bertz CT molecular complexity index is 220. The first-order valence-electron chi connectivity index (χ1n) is 6.13. The summed E-state index contributed by atoms with van der Waals surface area (Å²) in [5, 5.41) is 2.95. The number of likely N-dealkylation sites (N-methyl/N-ethyl adjacent to an activating group) is 1. The van der Waals surface area contributed by atoms with E-state index in [2.05, 4.69) is 38.2 Å². The molecule has 94 valence electrons. The number of hydrogen-bond donors (Lipinski definition) is 1. The minimum absolute atomic E-state index is 0.000283. The van der Waals surface area contributed by atoms with E-state index < -0.39 is 0 Å². The van der Waals surface area contributed by atoms with E-state index in [1.807, 2.05) is 6.92 Å². The van der Waals surface area contributed by atoms with Gasteiger partial charge in [-0.3, -0.25) is 4.79 Å². The maximum atomic E-state index is 11.4. The van der Waals surface area contributed by atoms with E-state index in [9.17, 15) is 4.79 Å². The summed E-state index contributed by atoms with van der Waals surface area (Å²) in [5.41, 5.74) is 0. The second kappa shape index (κ2) is 8.34. The van der Waals surface area contributed by atoms with E-state index >= 15 is 0 Å². The summed E-state index contributed by atoms with van der Waals surface area (Å²) in [6.07, 6.45) is 5.63. The van der Waals surface area contributed by atoms with E-state index in [0.29, 0.717) is 12.0 Å². The van der Waals surface area contributed by atoms with Gasteiger partial charge in [-0.15, -0.1) is 0 Å². The summed E-state index contributed by atoms with van der Waals surface area (Å²) in [6.45, 7) is 6.99. The molecule has 0 saturated carbocycles. The highest BCUT2D eigenvalue weighted by atomic mass is 16.1. The molecule has 0 radical (unpaired) electrons. The van der Waals surface area contributed by atoms with Crippen molar-refractivity contribution in [2.24, 2.45) is 5.92 Å². The van der Waals surface area contributed by atoms with Crippen LogP contribution in [0.1, 0.15) is 33.6 Å². The van der Waals surface area contributed by atoms with Gasteiger partial charge in [0.1, 0.15) is 0 Å². The van der Waals surface area contributed by atoms with E-state index in [-0.39, 0.29) is 5.91 Å². The number of carbonyl (C=O) groups excluding carboxylic acids is 1. The van der Waals surface area contributed by atoms with Crippen molar-refractivity contribution in [3.8, 4) is 0 Å². The number of amides is 1. The third-order valence-corrected chi connectivity index (χ3v) is 3.06. The molecule has 0 saturated heterocycles. The quantitative estimate of drug-likeness (QED) is 0.674. The molecule has 0 bridgehead atoms. The molecule has 0 aliphatic rings. The first-order valence-corrected chi connectivity index (χ1v) is 6.13. The molecule has 0 aromatic heterocycles. The molecule has 0 spiro atoms. The molecule has 0 aliphatic heterocycles. The van der Waals surface area contributed by atoms with E-state index in [1.54, 1.807) is 12.2 Å². The molecule has 1 N–H and O–H groups in total. The first kappa shape index (κ1) is 15.2. The smallest absolute Gasteiger partial charge is 0.243 e. The topological polar surface area (TPSA) is 32.3 Å². The van der Waals surface area contributed by atoms with Gasteiger partial charge in [0.2, 0.25) is 5.91 Å². The summed E-state index contributed by atoms with van der Waals surface area (Å²) >= 11 is 0. The average molecular weight is 226 g/mol. The summed E-state index contributed by atoms with van der Waals surface area (Å²) < 4.78 is 0. The Morgan fingerprint density at radius 3 is 2.25 bits per heavy atom. The molecule has 0 aliphatic carbocycles. The van der Waals surface area contributed by atoms with Crippen molar-refractivity contribution >= 4 is 5.91 Å². The molecule has 1 unspecified atom stereocenters. The van der Waals surface area contributed by atoms with E-state index in [0.717, 1.165) is 19.4 Å². The molecule has 3 nitrogen and oxygen atoms in total.